The average molecular weight is 305 g/mol. The number of hydrogen-bond acceptors (Lipinski definition) is 6. The van der Waals surface area contributed by atoms with Crippen molar-refractivity contribution in [1.82, 2.24) is 4.98 Å². The maximum atomic E-state index is 11.3. The Kier molecular flexibility index (Phi) is 5.57. The predicted octanol–water partition coefficient (Wildman–Crippen LogP) is 2.87. The molecule has 2 rings (SSSR count). The molecular weight excluding hydrogens is 286 g/mol. The van der Waals surface area contributed by atoms with Gasteiger partial charge in [0.2, 0.25) is 0 Å². The van der Waals surface area contributed by atoms with Crippen molar-refractivity contribution in [2.45, 2.75) is 6.42 Å². The minimum atomic E-state index is -0.400. The number of anilines is 2. The Labute approximate surface area is 128 Å². The van der Waals surface area contributed by atoms with E-state index in [9.17, 15) is 4.79 Å². The fraction of sp³-hybridized carbons (Fsp3) is 0.333. The van der Waals surface area contributed by atoms with Gasteiger partial charge in [0.1, 0.15) is 0 Å². The van der Waals surface area contributed by atoms with Gasteiger partial charge in [-0.3, -0.25) is 0 Å². The Morgan fingerprint density at radius 3 is 2.86 bits per heavy atom. The number of nitrogens with zero attached hydrogens (tertiary/aromatic N) is 2. The van der Waals surface area contributed by atoms with E-state index in [4.69, 9.17) is 0 Å². The molecule has 6 heteroatoms. The highest BCUT2D eigenvalue weighted by Gasteiger charge is 2.10. The van der Waals surface area contributed by atoms with Gasteiger partial charge in [0, 0.05) is 31.2 Å². The third-order valence-corrected chi connectivity index (χ3v) is 3.84. The number of esters is 1. The van der Waals surface area contributed by atoms with Crippen molar-refractivity contribution in [3.63, 3.8) is 0 Å². The van der Waals surface area contributed by atoms with Gasteiger partial charge in [-0.1, -0.05) is 18.2 Å². The zero-order chi connectivity index (χ0) is 15.1. The first-order valence-electron chi connectivity index (χ1n) is 6.74. The summed E-state index contributed by atoms with van der Waals surface area (Å²) in [6, 6.07) is 10.3. The Balaban J connectivity index is 1.72. The molecule has 0 fully saturated rings. The summed E-state index contributed by atoms with van der Waals surface area (Å²) in [7, 11) is 3.43. The summed E-state index contributed by atoms with van der Waals surface area (Å²) in [5, 5.41) is 5.67. The third kappa shape index (κ3) is 4.46. The quantitative estimate of drug-likeness (QED) is 0.629. The molecule has 1 N–H and O–H groups in total. The predicted molar refractivity (Wildman–Crippen MR) is 86.3 cm³/mol. The molecule has 0 spiro atoms. The first-order chi connectivity index (χ1) is 10.2. The maximum Gasteiger partial charge on any atom is 0.357 e. The minimum absolute atomic E-state index is 0.353. The van der Waals surface area contributed by atoms with Crippen LogP contribution in [-0.4, -0.2) is 38.2 Å². The van der Waals surface area contributed by atoms with Gasteiger partial charge in [0.05, 0.1) is 7.11 Å². The lowest BCUT2D eigenvalue weighted by atomic mass is 10.3. The van der Waals surface area contributed by atoms with Crippen LogP contribution in [0.3, 0.4) is 0 Å². The van der Waals surface area contributed by atoms with Crippen LogP contribution in [0.25, 0.3) is 0 Å². The molecule has 1 aromatic heterocycles. The van der Waals surface area contributed by atoms with Gasteiger partial charge in [-0.2, -0.15) is 0 Å². The molecule has 2 aromatic rings. The molecule has 0 saturated heterocycles. The summed E-state index contributed by atoms with van der Waals surface area (Å²) in [4.78, 5) is 17.7. The van der Waals surface area contributed by atoms with Crippen LogP contribution in [0.5, 0.6) is 0 Å². The van der Waals surface area contributed by atoms with Crippen LogP contribution in [0.4, 0.5) is 10.8 Å². The van der Waals surface area contributed by atoms with Crippen molar-refractivity contribution >= 4 is 28.1 Å². The fourth-order valence-corrected chi connectivity index (χ4v) is 2.59. The molecule has 0 amide bonds. The van der Waals surface area contributed by atoms with E-state index in [-0.39, 0.29) is 0 Å². The second-order valence-corrected chi connectivity index (χ2v) is 5.43. The summed E-state index contributed by atoms with van der Waals surface area (Å²) < 4.78 is 4.63. The van der Waals surface area contributed by atoms with Gasteiger partial charge in [0.25, 0.3) is 0 Å². The lowest BCUT2D eigenvalue weighted by Crippen LogP contribution is -2.20. The number of para-hydroxylation sites is 1. The van der Waals surface area contributed by atoms with E-state index in [1.165, 1.54) is 24.1 Å². The second kappa shape index (κ2) is 7.64. The van der Waals surface area contributed by atoms with Gasteiger partial charge in [-0.15, -0.1) is 11.3 Å². The number of thiazole rings is 1. The molecular formula is C15H19N3O2S. The first-order valence-corrected chi connectivity index (χ1v) is 7.62. The molecule has 0 saturated carbocycles. The Bertz CT molecular complexity index is 571. The van der Waals surface area contributed by atoms with Gasteiger partial charge in [-0.25, -0.2) is 9.78 Å². The van der Waals surface area contributed by atoms with Gasteiger partial charge >= 0.3 is 5.97 Å². The summed E-state index contributed by atoms with van der Waals surface area (Å²) in [6.07, 6.45) is 0.985. The van der Waals surface area contributed by atoms with E-state index in [1.807, 2.05) is 18.2 Å². The Morgan fingerprint density at radius 1 is 1.38 bits per heavy atom. The normalized spacial score (nSPS) is 10.2. The van der Waals surface area contributed by atoms with Crippen LogP contribution in [0.1, 0.15) is 16.9 Å². The van der Waals surface area contributed by atoms with Gasteiger partial charge < -0.3 is 15.0 Å². The summed E-state index contributed by atoms with van der Waals surface area (Å²) in [5.41, 5.74) is 1.56. The highest BCUT2D eigenvalue weighted by atomic mass is 32.1. The van der Waals surface area contributed by atoms with Crippen LogP contribution in [0, 0.1) is 0 Å². The second-order valence-electron chi connectivity index (χ2n) is 4.57. The van der Waals surface area contributed by atoms with Gasteiger partial charge in [0.15, 0.2) is 10.8 Å². The third-order valence-electron chi connectivity index (χ3n) is 3.04. The molecule has 0 bridgehead atoms. The minimum Gasteiger partial charge on any atom is -0.464 e. The number of carbonyl (C=O) groups is 1. The number of nitrogens with one attached hydrogen (secondary N) is 1. The number of hydrogen-bond donors (Lipinski definition) is 1. The van der Waals surface area contributed by atoms with Crippen molar-refractivity contribution in [3.05, 3.63) is 41.4 Å². The average Bonchev–Trinajstić information content (AvgIpc) is 3.00. The van der Waals surface area contributed by atoms with Crippen molar-refractivity contribution in [1.29, 1.82) is 0 Å². The van der Waals surface area contributed by atoms with Crippen molar-refractivity contribution < 1.29 is 9.53 Å². The zero-order valence-electron chi connectivity index (χ0n) is 12.2. The smallest absolute Gasteiger partial charge is 0.357 e. The van der Waals surface area contributed by atoms with Crippen LogP contribution in [-0.2, 0) is 4.74 Å². The molecule has 112 valence electrons. The van der Waals surface area contributed by atoms with E-state index in [0.29, 0.717) is 5.69 Å². The maximum absolute atomic E-state index is 11.3. The highest BCUT2D eigenvalue weighted by molar-refractivity contribution is 7.13. The first kappa shape index (κ1) is 15.3. The van der Waals surface area contributed by atoms with E-state index >= 15 is 0 Å². The van der Waals surface area contributed by atoms with Crippen molar-refractivity contribution in [2.24, 2.45) is 0 Å². The molecule has 0 radical (unpaired) electrons. The number of rotatable bonds is 7. The largest absolute Gasteiger partial charge is 0.464 e. The Morgan fingerprint density at radius 2 is 2.14 bits per heavy atom. The van der Waals surface area contributed by atoms with Gasteiger partial charge in [-0.05, 0) is 18.6 Å². The molecule has 0 aliphatic rings. The van der Waals surface area contributed by atoms with Crippen LogP contribution < -0.4 is 10.2 Å². The monoisotopic (exact) mass is 305 g/mol. The Hall–Kier alpha value is -2.08. The molecule has 0 aliphatic carbocycles. The fourth-order valence-electron chi connectivity index (χ4n) is 1.88. The highest BCUT2D eigenvalue weighted by Crippen LogP contribution is 2.16. The van der Waals surface area contributed by atoms with Crippen LogP contribution in [0.15, 0.2) is 35.7 Å². The molecule has 1 aromatic carbocycles. The molecule has 0 atom stereocenters. The lowest BCUT2D eigenvalue weighted by molar-refractivity contribution is 0.0595. The van der Waals surface area contributed by atoms with E-state index in [1.54, 1.807) is 5.38 Å². The summed E-state index contributed by atoms with van der Waals surface area (Å²) in [5.74, 6) is -0.400. The topological polar surface area (TPSA) is 54.5 Å². The SMILES string of the molecule is COC(=O)c1csc(NCCCN(C)c2ccccc2)n1. The van der Waals surface area contributed by atoms with Crippen LogP contribution in [0.2, 0.25) is 0 Å². The number of benzene rings is 1. The van der Waals surface area contributed by atoms with Crippen molar-refractivity contribution in [2.75, 3.05) is 37.5 Å². The molecule has 0 aliphatic heterocycles. The molecule has 5 nitrogen and oxygen atoms in total. The van der Waals surface area contributed by atoms with E-state index < -0.39 is 5.97 Å². The lowest BCUT2D eigenvalue weighted by Gasteiger charge is -2.19. The summed E-state index contributed by atoms with van der Waals surface area (Å²) >= 11 is 1.41. The zero-order valence-corrected chi connectivity index (χ0v) is 13.0. The number of ether oxygens (including phenoxy) is 1. The number of carbonyl (C=O) groups excluding carboxylic acids is 1. The van der Waals surface area contributed by atoms with Crippen molar-refractivity contribution in [3.8, 4) is 0 Å². The van der Waals surface area contributed by atoms with E-state index in [0.717, 1.165) is 24.6 Å². The number of aromatic nitrogens is 1. The molecule has 0 unspecified atom stereocenters. The van der Waals surface area contributed by atoms with E-state index in [2.05, 4.69) is 39.1 Å². The summed E-state index contributed by atoms with van der Waals surface area (Å²) in [6.45, 7) is 1.76. The number of methoxy groups -OCH3 is 1. The molecule has 21 heavy (non-hydrogen) atoms. The van der Waals surface area contributed by atoms with Crippen LogP contribution >= 0.6 is 11.3 Å². The molecule has 1 heterocycles. The standard InChI is InChI=1S/C15H19N3O2S/c1-18(12-7-4-3-5-8-12)10-6-9-16-15-17-13(11-21-15)14(19)20-2/h3-5,7-8,11H,6,9-10H2,1-2H3,(H,16,17).